The summed E-state index contributed by atoms with van der Waals surface area (Å²) in [5, 5.41) is 17.7. The topological polar surface area (TPSA) is 112 Å². The van der Waals surface area contributed by atoms with Crippen LogP contribution < -0.4 is 10.1 Å². The van der Waals surface area contributed by atoms with E-state index in [0.717, 1.165) is 6.42 Å². The summed E-state index contributed by atoms with van der Waals surface area (Å²) in [6.07, 6.45) is 4.80. The van der Waals surface area contributed by atoms with E-state index >= 15 is 0 Å². The van der Waals surface area contributed by atoms with Gasteiger partial charge in [-0.3, -0.25) is 4.68 Å². The fraction of sp³-hybridized carbons (Fsp3) is 0.600. The second-order valence-electron chi connectivity index (χ2n) is 8.73. The Morgan fingerprint density at radius 2 is 1.94 bits per heavy atom. The average molecular weight is 452 g/mol. The van der Waals surface area contributed by atoms with Crippen molar-refractivity contribution in [1.29, 1.82) is 0 Å². The van der Waals surface area contributed by atoms with Crippen molar-refractivity contribution in [3.8, 4) is 5.88 Å². The molecule has 3 aromatic rings. The summed E-state index contributed by atoms with van der Waals surface area (Å²) < 4.78 is 14.9. The number of nitrogens with one attached hydrogen (secondary N) is 1. The van der Waals surface area contributed by atoms with Gasteiger partial charge in [0.15, 0.2) is 17.0 Å². The third-order valence-corrected chi connectivity index (χ3v) is 5.03. The fourth-order valence-electron chi connectivity index (χ4n) is 2.98. The Labute approximate surface area is 186 Å². The molecule has 0 fully saturated rings. The first kappa shape index (κ1) is 23.2. The fourth-order valence-corrected chi connectivity index (χ4v) is 3.15. The highest BCUT2D eigenvalue weighted by atomic mass is 35.5. The summed E-state index contributed by atoms with van der Waals surface area (Å²) in [7, 11) is 3.40. The van der Waals surface area contributed by atoms with E-state index in [9.17, 15) is 5.11 Å². The Morgan fingerprint density at radius 3 is 2.61 bits per heavy atom. The van der Waals surface area contributed by atoms with E-state index in [1.807, 2.05) is 27.1 Å². The van der Waals surface area contributed by atoms with Crippen molar-refractivity contribution in [3.63, 3.8) is 0 Å². The van der Waals surface area contributed by atoms with Crippen molar-refractivity contribution in [2.24, 2.45) is 7.05 Å². The van der Waals surface area contributed by atoms with Crippen LogP contribution in [0, 0.1) is 0 Å². The molecule has 11 heteroatoms. The maximum absolute atomic E-state index is 9.85. The zero-order chi connectivity index (χ0) is 22.8. The zero-order valence-corrected chi connectivity index (χ0v) is 19.6. The van der Waals surface area contributed by atoms with Gasteiger partial charge in [-0.25, -0.2) is 4.98 Å². The van der Waals surface area contributed by atoms with Gasteiger partial charge in [0.25, 0.3) is 5.88 Å². The number of anilines is 2. The van der Waals surface area contributed by atoms with Gasteiger partial charge in [0.1, 0.15) is 5.69 Å². The lowest BCUT2D eigenvalue weighted by atomic mass is 10.0. The van der Waals surface area contributed by atoms with Gasteiger partial charge in [-0.2, -0.15) is 9.97 Å². The number of aromatic nitrogens is 6. The van der Waals surface area contributed by atoms with Gasteiger partial charge >= 0.3 is 0 Å². The smallest absolute Gasteiger partial charge is 0.256 e. The molecule has 0 radical (unpaired) electrons. The van der Waals surface area contributed by atoms with E-state index in [-0.39, 0.29) is 10.9 Å². The third kappa shape index (κ3) is 6.05. The molecule has 0 saturated heterocycles. The number of rotatable bonds is 10. The van der Waals surface area contributed by atoms with E-state index in [0.29, 0.717) is 48.1 Å². The molecule has 0 aliphatic rings. The van der Waals surface area contributed by atoms with Crippen LogP contribution in [-0.4, -0.2) is 59.3 Å². The predicted octanol–water partition coefficient (Wildman–Crippen LogP) is 3.31. The summed E-state index contributed by atoms with van der Waals surface area (Å²) in [4.78, 5) is 12.8. The first-order valence-electron chi connectivity index (χ1n) is 10.1. The molecule has 3 heterocycles. The monoisotopic (exact) mass is 451 g/mol. The highest BCUT2D eigenvalue weighted by Crippen LogP contribution is 2.29. The molecule has 10 nitrogen and oxygen atoms in total. The van der Waals surface area contributed by atoms with Crippen molar-refractivity contribution in [2.45, 2.75) is 58.3 Å². The Kier molecular flexibility index (Phi) is 6.73. The Hall–Kier alpha value is -2.43. The molecule has 0 unspecified atom stereocenters. The van der Waals surface area contributed by atoms with Gasteiger partial charge in [0.05, 0.1) is 37.4 Å². The molecule has 0 aromatic carbocycles. The molecule has 0 atom stereocenters. The molecule has 0 amide bonds. The van der Waals surface area contributed by atoms with Crippen LogP contribution in [0.25, 0.3) is 11.2 Å². The Bertz CT molecular complexity index is 1040. The van der Waals surface area contributed by atoms with Gasteiger partial charge in [0.2, 0.25) is 5.28 Å². The van der Waals surface area contributed by atoms with Crippen LogP contribution in [0.15, 0.2) is 12.5 Å². The maximum Gasteiger partial charge on any atom is 0.256 e. The molecule has 0 saturated carbocycles. The number of imidazole rings is 1. The standard InChI is InChI=1S/C20H30ClN7O3/c1-19(2,29)8-10-31-20(3,4)7-9-28-11-13(17(26-28)30-6)23-15-14-16(25-18(21)24-15)27(5)12-22-14/h11-12,29H,7-10H2,1-6H3,(H,23,24,25). The first-order chi connectivity index (χ1) is 14.5. The van der Waals surface area contributed by atoms with Gasteiger partial charge in [0, 0.05) is 13.6 Å². The SMILES string of the molecule is COc1nn(CCC(C)(C)OCCC(C)(C)O)cc1Nc1nc(Cl)nc2c1ncn2C. The normalized spacial score (nSPS) is 12.5. The summed E-state index contributed by atoms with van der Waals surface area (Å²) >= 11 is 6.08. The van der Waals surface area contributed by atoms with Crippen LogP contribution in [0.5, 0.6) is 5.88 Å². The summed E-state index contributed by atoms with van der Waals surface area (Å²) in [6, 6.07) is 0. The summed E-state index contributed by atoms with van der Waals surface area (Å²) in [6.45, 7) is 8.71. The van der Waals surface area contributed by atoms with Crippen LogP contribution in [-0.2, 0) is 18.3 Å². The van der Waals surface area contributed by atoms with E-state index in [2.05, 4.69) is 25.4 Å². The molecule has 170 valence electrons. The summed E-state index contributed by atoms with van der Waals surface area (Å²) in [5.74, 6) is 0.906. The highest BCUT2D eigenvalue weighted by molar-refractivity contribution is 6.28. The molecular weight excluding hydrogens is 422 g/mol. The van der Waals surface area contributed by atoms with Crippen molar-refractivity contribution >= 4 is 34.3 Å². The molecule has 0 aliphatic carbocycles. The Morgan fingerprint density at radius 1 is 1.19 bits per heavy atom. The number of aliphatic hydroxyl groups is 1. The lowest BCUT2D eigenvalue weighted by Crippen LogP contribution is -2.30. The number of hydrogen-bond acceptors (Lipinski definition) is 8. The second-order valence-corrected chi connectivity index (χ2v) is 9.07. The minimum atomic E-state index is -0.741. The van der Waals surface area contributed by atoms with Gasteiger partial charge in [-0.05, 0) is 52.1 Å². The van der Waals surface area contributed by atoms with E-state index in [1.54, 1.807) is 36.5 Å². The molecular formula is C20H30ClN7O3. The second kappa shape index (κ2) is 8.97. The van der Waals surface area contributed by atoms with Crippen molar-refractivity contribution < 1.29 is 14.6 Å². The predicted molar refractivity (Wildman–Crippen MR) is 119 cm³/mol. The van der Waals surface area contributed by atoms with Crippen LogP contribution in [0.1, 0.15) is 40.5 Å². The van der Waals surface area contributed by atoms with Crippen LogP contribution in [0.2, 0.25) is 5.28 Å². The van der Waals surface area contributed by atoms with E-state index < -0.39 is 5.60 Å². The number of methoxy groups -OCH3 is 1. The third-order valence-electron chi connectivity index (χ3n) is 4.86. The number of fused-ring (bicyclic) bond motifs is 1. The minimum Gasteiger partial charge on any atom is -0.478 e. The number of ether oxygens (including phenoxy) is 2. The molecule has 3 aromatic heterocycles. The number of halogens is 1. The highest BCUT2D eigenvalue weighted by Gasteiger charge is 2.22. The quantitative estimate of drug-likeness (QED) is 0.451. The van der Waals surface area contributed by atoms with Crippen molar-refractivity contribution in [2.75, 3.05) is 19.0 Å². The molecule has 0 aliphatic heterocycles. The first-order valence-corrected chi connectivity index (χ1v) is 10.4. The largest absolute Gasteiger partial charge is 0.478 e. The molecule has 0 bridgehead atoms. The zero-order valence-electron chi connectivity index (χ0n) is 18.8. The number of aryl methyl sites for hydroxylation is 2. The van der Waals surface area contributed by atoms with Crippen LogP contribution in [0.4, 0.5) is 11.5 Å². The number of hydrogen-bond donors (Lipinski definition) is 2. The van der Waals surface area contributed by atoms with E-state index in [1.165, 1.54) is 0 Å². The van der Waals surface area contributed by atoms with Gasteiger partial charge in [-0.1, -0.05) is 0 Å². The van der Waals surface area contributed by atoms with Crippen molar-refractivity contribution in [3.05, 3.63) is 17.8 Å². The van der Waals surface area contributed by atoms with Gasteiger partial charge < -0.3 is 24.5 Å². The van der Waals surface area contributed by atoms with Crippen LogP contribution >= 0.6 is 11.6 Å². The molecule has 0 spiro atoms. The minimum absolute atomic E-state index is 0.120. The number of nitrogens with zero attached hydrogens (tertiary/aromatic N) is 6. The average Bonchev–Trinajstić information content (AvgIpc) is 3.22. The van der Waals surface area contributed by atoms with Crippen LogP contribution in [0.3, 0.4) is 0 Å². The maximum atomic E-state index is 9.85. The molecule has 31 heavy (non-hydrogen) atoms. The lowest BCUT2D eigenvalue weighted by molar-refractivity contribution is -0.0521. The molecule has 2 N–H and O–H groups in total. The lowest BCUT2D eigenvalue weighted by Gasteiger charge is -2.27. The Balaban J connectivity index is 1.71. The molecule has 3 rings (SSSR count). The summed E-state index contributed by atoms with van der Waals surface area (Å²) in [5.41, 5.74) is 0.764. The van der Waals surface area contributed by atoms with Gasteiger partial charge in [-0.15, -0.1) is 5.10 Å². The van der Waals surface area contributed by atoms with E-state index in [4.69, 9.17) is 21.1 Å². The van der Waals surface area contributed by atoms with Crippen molar-refractivity contribution in [1.82, 2.24) is 29.3 Å².